The number of hydrazone groups is 1. The smallest absolute Gasteiger partial charge is 0.269 e. The van der Waals surface area contributed by atoms with E-state index in [1.165, 1.54) is 30.3 Å². The van der Waals surface area contributed by atoms with Gasteiger partial charge in [-0.2, -0.15) is 5.10 Å². The van der Waals surface area contributed by atoms with E-state index in [0.717, 1.165) is 0 Å². The number of nitrogens with zero attached hydrogens (tertiary/aromatic N) is 2. The van der Waals surface area contributed by atoms with E-state index in [4.69, 9.17) is 0 Å². The maximum Gasteiger partial charge on any atom is 0.269 e. The number of nitro groups is 1. The lowest BCUT2D eigenvalue weighted by molar-refractivity contribution is -0.384. The van der Waals surface area contributed by atoms with Crippen molar-refractivity contribution in [1.29, 1.82) is 0 Å². The second kappa shape index (κ2) is 6.49. The Morgan fingerprint density at radius 3 is 2.23 bits per heavy atom. The quantitative estimate of drug-likeness (QED) is 0.514. The summed E-state index contributed by atoms with van der Waals surface area (Å²) in [6.45, 7) is 1.65. The normalized spacial score (nSPS) is 11.0. The first kappa shape index (κ1) is 15.2. The molecule has 0 atom stereocenters. The molecule has 0 unspecified atom stereocenters. The summed E-state index contributed by atoms with van der Waals surface area (Å²) < 4.78 is 0. The third-order valence-corrected chi connectivity index (χ3v) is 2.97. The van der Waals surface area contributed by atoms with Crippen molar-refractivity contribution in [2.24, 2.45) is 5.10 Å². The lowest BCUT2D eigenvalue weighted by Gasteiger charge is -2.10. The average molecular weight is 298 g/mol. The molecule has 0 fully saturated rings. The summed E-state index contributed by atoms with van der Waals surface area (Å²) in [5, 5.41) is 25.7. The van der Waals surface area contributed by atoms with Crippen LogP contribution in [0.25, 0.3) is 0 Å². The van der Waals surface area contributed by atoms with Gasteiger partial charge in [-0.05, 0) is 19.1 Å². The van der Waals surface area contributed by atoms with Crippen LogP contribution >= 0.6 is 0 Å². The lowest BCUT2D eigenvalue weighted by Crippen LogP contribution is -2.24. The highest BCUT2D eigenvalue weighted by Crippen LogP contribution is 2.16. The van der Waals surface area contributed by atoms with Gasteiger partial charge >= 0.3 is 0 Å². The Labute approximate surface area is 126 Å². The van der Waals surface area contributed by atoms with Crippen molar-refractivity contribution in [3.8, 4) is 0 Å². The van der Waals surface area contributed by atoms with Crippen molar-refractivity contribution < 1.29 is 14.8 Å². The summed E-state index contributed by atoms with van der Waals surface area (Å²) in [4.78, 5) is 21.1. The summed E-state index contributed by atoms with van der Waals surface area (Å²) in [7, 11) is 0. The third kappa shape index (κ3) is 3.45. The molecule has 0 heterocycles. The molecular formula is C15H12N3O4-. The highest BCUT2D eigenvalue weighted by molar-refractivity contribution is 6.07. The number of hydrogen-bond donors (Lipinski definition) is 1. The van der Waals surface area contributed by atoms with Gasteiger partial charge in [-0.15, -0.1) is 0 Å². The molecular weight excluding hydrogens is 286 g/mol. The predicted molar refractivity (Wildman–Crippen MR) is 79.7 cm³/mol. The van der Waals surface area contributed by atoms with E-state index in [9.17, 15) is 20.0 Å². The highest BCUT2D eigenvalue weighted by atomic mass is 16.6. The molecule has 22 heavy (non-hydrogen) atoms. The van der Waals surface area contributed by atoms with Crippen LogP contribution < -0.4 is 10.5 Å². The topological polar surface area (TPSA) is 108 Å². The summed E-state index contributed by atoms with van der Waals surface area (Å²) >= 11 is 0. The number of carboxylic acid groups (broad SMARTS) is 1. The fourth-order valence-corrected chi connectivity index (χ4v) is 1.84. The van der Waals surface area contributed by atoms with E-state index in [1.54, 1.807) is 25.1 Å². The van der Waals surface area contributed by atoms with Crippen molar-refractivity contribution in [3.63, 3.8) is 0 Å². The zero-order chi connectivity index (χ0) is 16.1. The first-order valence-corrected chi connectivity index (χ1v) is 6.34. The number of carbonyl (C=O) groups is 1. The first-order chi connectivity index (χ1) is 10.5. The van der Waals surface area contributed by atoms with Crippen LogP contribution in [0.1, 0.15) is 22.8 Å². The van der Waals surface area contributed by atoms with E-state index < -0.39 is 10.9 Å². The molecule has 0 amide bonds. The Bertz CT molecular complexity index is 739. The number of non-ortho nitro benzene ring substituents is 1. The molecule has 2 rings (SSSR count). The van der Waals surface area contributed by atoms with Gasteiger partial charge in [0.25, 0.3) is 5.69 Å². The number of benzene rings is 2. The van der Waals surface area contributed by atoms with Gasteiger partial charge in [-0.3, -0.25) is 15.5 Å². The standard InChI is InChI=1S/C15H13N3O4/c1-10(13-4-2-3-5-14(13)15(19)20)16-17-11-6-8-12(9-7-11)18(21)22/h2-9,17H,1H3,(H,19,20)/p-1/b16-10-. The minimum absolute atomic E-state index is 0.0199. The molecule has 7 nitrogen and oxygen atoms in total. The molecule has 0 saturated heterocycles. The molecule has 7 heteroatoms. The lowest BCUT2D eigenvalue weighted by atomic mass is 10.0. The Balaban J connectivity index is 2.19. The minimum Gasteiger partial charge on any atom is -0.545 e. The Hall–Kier alpha value is -3.22. The van der Waals surface area contributed by atoms with Gasteiger partial charge in [-0.25, -0.2) is 0 Å². The molecule has 0 radical (unpaired) electrons. The van der Waals surface area contributed by atoms with E-state index >= 15 is 0 Å². The van der Waals surface area contributed by atoms with Gasteiger partial charge in [0, 0.05) is 23.3 Å². The number of rotatable bonds is 5. The largest absolute Gasteiger partial charge is 0.545 e. The van der Waals surface area contributed by atoms with E-state index in [1.807, 2.05) is 0 Å². The van der Waals surface area contributed by atoms with Gasteiger partial charge in [0.15, 0.2) is 0 Å². The summed E-state index contributed by atoms with van der Waals surface area (Å²) in [6.07, 6.45) is 0. The monoisotopic (exact) mass is 298 g/mol. The van der Waals surface area contributed by atoms with E-state index in [2.05, 4.69) is 10.5 Å². The van der Waals surface area contributed by atoms with Gasteiger partial charge in [0.2, 0.25) is 0 Å². The summed E-state index contributed by atoms with van der Waals surface area (Å²) in [5.41, 5.74) is 4.21. The Kier molecular flexibility index (Phi) is 4.47. The average Bonchev–Trinajstić information content (AvgIpc) is 2.53. The fraction of sp³-hybridized carbons (Fsp3) is 0.0667. The van der Waals surface area contributed by atoms with Crippen LogP contribution in [0.2, 0.25) is 0 Å². The first-order valence-electron chi connectivity index (χ1n) is 6.34. The summed E-state index contributed by atoms with van der Waals surface area (Å²) in [6, 6.07) is 12.1. The molecule has 0 aliphatic heterocycles. The van der Waals surface area contributed by atoms with Crippen LogP contribution in [-0.2, 0) is 0 Å². The van der Waals surface area contributed by atoms with Gasteiger partial charge in [0.05, 0.1) is 22.3 Å². The highest BCUT2D eigenvalue weighted by Gasteiger charge is 2.06. The molecule has 0 aromatic heterocycles. The molecule has 0 aliphatic rings. The predicted octanol–water partition coefficient (Wildman–Crippen LogP) is 1.79. The molecule has 1 N–H and O–H groups in total. The number of nitro benzene ring substituents is 1. The SMILES string of the molecule is C/C(=N/Nc1ccc([N+](=O)[O-])cc1)c1ccccc1C(=O)[O-]. The van der Waals surface area contributed by atoms with Crippen LogP contribution in [0.5, 0.6) is 0 Å². The van der Waals surface area contributed by atoms with Crippen molar-refractivity contribution >= 4 is 23.1 Å². The number of carboxylic acids is 1. The number of aromatic carboxylic acids is 1. The molecule has 2 aromatic carbocycles. The number of anilines is 1. The van der Waals surface area contributed by atoms with Crippen molar-refractivity contribution in [2.75, 3.05) is 5.43 Å². The van der Waals surface area contributed by atoms with Crippen LogP contribution in [0.15, 0.2) is 53.6 Å². The molecule has 2 aromatic rings. The molecule has 0 bridgehead atoms. The molecule has 0 spiro atoms. The maximum absolute atomic E-state index is 11.1. The van der Waals surface area contributed by atoms with Crippen LogP contribution in [-0.4, -0.2) is 16.6 Å². The van der Waals surface area contributed by atoms with Crippen LogP contribution in [0.3, 0.4) is 0 Å². The van der Waals surface area contributed by atoms with E-state index in [-0.39, 0.29) is 11.3 Å². The third-order valence-electron chi connectivity index (χ3n) is 2.97. The van der Waals surface area contributed by atoms with Crippen molar-refractivity contribution in [3.05, 3.63) is 69.8 Å². The zero-order valence-electron chi connectivity index (χ0n) is 11.6. The van der Waals surface area contributed by atoms with Gasteiger partial charge < -0.3 is 9.90 Å². The summed E-state index contributed by atoms with van der Waals surface area (Å²) in [5.74, 6) is -1.28. The maximum atomic E-state index is 11.1. The van der Waals surface area contributed by atoms with Gasteiger partial charge in [-0.1, -0.05) is 24.3 Å². The second-order valence-electron chi connectivity index (χ2n) is 4.45. The molecule has 112 valence electrons. The van der Waals surface area contributed by atoms with E-state index in [0.29, 0.717) is 17.0 Å². The second-order valence-corrected chi connectivity index (χ2v) is 4.45. The van der Waals surface area contributed by atoms with Gasteiger partial charge in [0.1, 0.15) is 0 Å². The van der Waals surface area contributed by atoms with Crippen molar-refractivity contribution in [2.45, 2.75) is 6.92 Å². The molecule has 0 saturated carbocycles. The van der Waals surface area contributed by atoms with Crippen molar-refractivity contribution in [1.82, 2.24) is 0 Å². The molecule has 0 aliphatic carbocycles. The number of carbonyl (C=O) groups excluding carboxylic acids is 1. The minimum atomic E-state index is -1.28. The number of hydrogen-bond acceptors (Lipinski definition) is 6. The van der Waals surface area contributed by atoms with Crippen LogP contribution in [0, 0.1) is 10.1 Å². The number of nitrogens with one attached hydrogen (secondary N) is 1. The Morgan fingerprint density at radius 2 is 1.68 bits per heavy atom. The fourth-order valence-electron chi connectivity index (χ4n) is 1.84. The van der Waals surface area contributed by atoms with Crippen LogP contribution in [0.4, 0.5) is 11.4 Å². The Morgan fingerprint density at radius 1 is 1.09 bits per heavy atom. The zero-order valence-corrected chi connectivity index (χ0v) is 11.6.